The van der Waals surface area contributed by atoms with Gasteiger partial charge in [-0.05, 0) is 36.0 Å². The smallest absolute Gasteiger partial charge is 0.0671 e. The van der Waals surface area contributed by atoms with E-state index < -0.39 is 0 Å². The summed E-state index contributed by atoms with van der Waals surface area (Å²) in [5, 5.41) is 11.8. The van der Waals surface area contributed by atoms with E-state index in [1.54, 1.807) is 0 Å². The largest absolute Gasteiger partial charge is 0.384 e. The highest BCUT2D eigenvalue weighted by atomic mass is 32.2. The molecule has 1 aromatic carbocycles. The van der Waals surface area contributed by atoms with E-state index in [1.165, 1.54) is 29.0 Å². The van der Waals surface area contributed by atoms with Crippen LogP contribution in [0.5, 0.6) is 0 Å². The fraction of sp³-hybridized carbons (Fsp3) is 0.417. The molecule has 16 heavy (non-hydrogen) atoms. The lowest BCUT2D eigenvalue weighted by Crippen LogP contribution is -2.13. The molecule has 0 bridgehead atoms. The van der Waals surface area contributed by atoms with E-state index in [-0.39, 0.29) is 0 Å². The molecule has 0 saturated carbocycles. The molecular weight excluding hydrogens is 218 g/mol. The van der Waals surface area contributed by atoms with Crippen molar-refractivity contribution in [3.63, 3.8) is 0 Å². The lowest BCUT2D eigenvalue weighted by molar-refractivity contribution is 0.632. The zero-order chi connectivity index (χ0) is 10.8. The maximum Gasteiger partial charge on any atom is 0.0671 e. The molecule has 2 heterocycles. The average Bonchev–Trinajstić information content (AvgIpc) is 2.97. The number of hydrogen-bond acceptors (Lipinski definition) is 3. The fourth-order valence-electron chi connectivity index (χ4n) is 2.12. The third-order valence-corrected chi connectivity index (χ3v) is 4.32. The highest BCUT2D eigenvalue weighted by Crippen LogP contribution is 2.25. The molecule has 1 aliphatic rings. The molecule has 0 amide bonds. The summed E-state index contributed by atoms with van der Waals surface area (Å²) >= 11 is 2.06. The summed E-state index contributed by atoms with van der Waals surface area (Å²) in [5.41, 5.74) is 2.30. The second-order valence-corrected chi connectivity index (χ2v) is 5.40. The number of aromatic nitrogens is 2. The predicted molar refractivity (Wildman–Crippen MR) is 70.0 cm³/mol. The Balaban J connectivity index is 1.75. The van der Waals surface area contributed by atoms with Gasteiger partial charge in [-0.25, -0.2) is 0 Å². The number of aromatic amines is 1. The van der Waals surface area contributed by atoms with E-state index in [4.69, 9.17) is 0 Å². The van der Waals surface area contributed by atoms with Gasteiger partial charge in [0.05, 0.1) is 11.7 Å². The van der Waals surface area contributed by atoms with E-state index >= 15 is 0 Å². The van der Waals surface area contributed by atoms with Gasteiger partial charge < -0.3 is 5.32 Å². The Labute approximate surface area is 99.0 Å². The van der Waals surface area contributed by atoms with Gasteiger partial charge in [-0.2, -0.15) is 16.9 Å². The van der Waals surface area contributed by atoms with Gasteiger partial charge in [0.2, 0.25) is 0 Å². The Morgan fingerprint density at radius 2 is 2.50 bits per heavy atom. The molecule has 0 aliphatic carbocycles. The van der Waals surface area contributed by atoms with E-state index in [0.29, 0.717) is 0 Å². The SMILES string of the molecule is c1cc(NCC2CCSC2)c2cn[nH]c2c1. The molecular formula is C12H15N3S. The minimum absolute atomic E-state index is 0.826. The van der Waals surface area contributed by atoms with Crippen molar-refractivity contribution in [2.75, 3.05) is 23.4 Å². The van der Waals surface area contributed by atoms with Gasteiger partial charge in [0.1, 0.15) is 0 Å². The van der Waals surface area contributed by atoms with Crippen LogP contribution in [0.3, 0.4) is 0 Å². The maximum atomic E-state index is 4.07. The second kappa shape index (κ2) is 4.37. The topological polar surface area (TPSA) is 40.7 Å². The molecule has 2 aromatic rings. The molecule has 1 fully saturated rings. The average molecular weight is 233 g/mol. The van der Waals surface area contributed by atoms with Gasteiger partial charge in [0.25, 0.3) is 0 Å². The number of nitrogens with one attached hydrogen (secondary N) is 2. The van der Waals surface area contributed by atoms with Crippen molar-refractivity contribution in [2.24, 2.45) is 5.92 Å². The molecule has 3 nitrogen and oxygen atoms in total. The van der Waals surface area contributed by atoms with Crippen LogP contribution in [0.15, 0.2) is 24.4 Å². The first-order valence-electron chi connectivity index (χ1n) is 5.67. The molecule has 1 aromatic heterocycles. The zero-order valence-electron chi connectivity index (χ0n) is 9.07. The number of H-pyrrole nitrogens is 1. The third kappa shape index (κ3) is 1.89. The Kier molecular flexibility index (Phi) is 2.74. The molecule has 1 saturated heterocycles. The van der Waals surface area contributed by atoms with Crippen LogP contribution in [-0.2, 0) is 0 Å². The van der Waals surface area contributed by atoms with Crippen LogP contribution in [0.25, 0.3) is 10.9 Å². The maximum absolute atomic E-state index is 4.07. The number of thioether (sulfide) groups is 1. The fourth-order valence-corrected chi connectivity index (χ4v) is 3.41. The standard InChI is InChI=1S/C12H15N3S/c1-2-11(10-7-14-15-12(10)3-1)13-6-9-4-5-16-8-9/h1-3,7,9,13H,4-6,8H2,(H,14,15). The predicted octanol–water partition coefficient (Wildman–Crippen LogP) is 2.73. The molecule has 1 unspecified atom stereocenters. The van der Waals surface area contributed by atoms with Gasteiger partial charge in [-0.1, -0.05) is 6.07 Å². The van der Waals surface area contributed by atoms with Crippen LogP contribution < -0.4 is 5.32 Å². The quantitative estimate of drug-likeness (QED) is 0.856. The van der Waals surface area contributed by atoms with E-state index in [2.05, 4.69) is 45.5 Å². The molecule has 1 atom stereocenters. The highest BCUT2D eigenvalue weighted by molar-refractivity contribution is 7.99. The first-order valence-corrected chi connectivity index (χ1v) is 6.82. The van der Waals surface area contributed by atoms with Crippen molar-refractivity contribution in [2.45, 2.75) is 6.42 Å². The summed E-state index contributed by atoms with van der Waals surface area (Å²) < 4.78 is 0. The summed E-state index contributed by atoms with van der Waals surface area (Å²) in [7, 11) is 0. The Morgan fingerprint density at radius 3 is 3.38 bits per heavy atom. The lowest BCUT2D eigenvalue weighted by Gasteiger charge is -2.11. The number of hydrogen-bond donors (Lipinski definition) is 2. The first kappa shape index (κ1) is 10.0. The minimum Gasteiger partial charge on any atom is -0.384 e. The van der Waals surface area contributed by atoms with Crippen molar-refractivity contribution >= 4 is 28.4 Å². The Morgan fingerprint density at radius 1 is 1.50 bits per heavy atom. The van der Waals surface area contributed by atoms with Crippen molar-refractivity contribution in [1.29, 1.82) is 0 Å². The molecule has 0 radical (unpaired) electrons. The van der Waals surface area contributed by atoms with Crippen molar-refractivity contribution in [1.82, 2.24) is 10.2 Å². The number of nitrogens with zero attached hydrogens (tertiary/aromatic N) is 1. The van der Waals surface area contributed by atoms with Gasteiger partial charge >= 0.3 is 0 Å². The Hall–Kier alpha value is -1.16. The molecule has 84 valence electrons. The summed E-state index contributed by atoms with van der Waals surface area (Å²) in [5.74, 6) is 3.45. The minimum atomic E-state index is 0.826. The molecule has 3 rings (SSSR count). The summed E-state index contributed by atoms with van der Waals surface area (Å²) in [6, 6.07) is 6.24. The molecule has 4 heteroatoms. The van der Waals surface area contributed by atoms with Crippen molar-refractivity contribution < 1.29 is 0 Å². The van der Waals surface area contributed by atoms with Gasteiger partial charge in [-0.3, -0.25) is 5.10 Å². The van der Waals surface area contributed by atoms with Gasteiger partial charge in [0.15, 0.2) is 0 Å². The first-order chi connectivity index (χ1) is 7.93. The number of rotatable bonds is 3. The van der Waals surface area contributed by atoms with Gasteiger partial charge in [-0.15, -0.1) is 0 Å². The third-order valence-electron chi connectivity index (χ3n) is 3.09. The molecule has 1 aliphatic heterocycles. The van der Waals surface area contributed by atoms with Crippen LogP contribution in [0.4, 0.5) is 5.69 Å². The summed E-state index contributed by atoms with van der Waals surface area (Å²) in [6.45, 7) is 1.08. The van der Waals surface area contributed by atoms with E-state index in [0.717, 1.165) is 18.0 Å². The van der Waals surface area contributed by atoms with Crippen LogP contribution >= 0.6 is 11.8 Å². The van der Waals surface area contributed by atoms with Crippen LogP contribution in [0, 0.1) is 5.92 Å². The summed E-state index contributed by atoms with van der Waals surface area (Å²) in [4.78, 5) is 0. The molecule has 0 spiro atoms. The zero-order valence-corrected chi connectivity index (χ0v) is 9.89. The Bertz CT molecular complexity index is 474. The normalized spacial score (nSPS) is 20.4. The van der Waals surface area contributed by atoms with E-state index in [1.807, 2.05) is 6.20 Å². The van der Waals surface area contributed by atoms with E-state index in [9.17, 15) is 0 Å². The number of benzene rings is 1. The van der Waals surface area contributed by atoms with Crippen LogP contribution in [0.2, 0.25) is 0 Å². The number of anilines is 1. The van der Waals surface area contributed by atoms with Crippen molar-refractivity contribution in [3.8, 4) is 0 Å². The monoisotopic (exact) mass is 233 g/mol. The van der Waals surface area contributed by atoms with Crippen LogP contribution in [-0.4, -0.2) is 28.2 Å². The van der Waals surface area contributed by atoms with Crippen molar-refractivity contribution in [3.05, 3.63) is 24.4 Å². The van der Waals surface area contributed by atoms with Crippen LogP contribution in [0.1, 0.15) is 6.42 Å². The summed E-state index contributed by atoms with van der Waals surface area (Å²) in [6.07, 6.45) is 3.24. The highest BCUT2D eigenvalue weighted by Gasteiger charge is 2.15. The van der Waals surface area contributed by atoms with Gasteiger partial charge in [0, 0.05) is 17.6 Å². The lowest BCUT2D eigenvalue weighted by atomic mass is 10.1. The number of fused-ring (bicyclic) bond motifs is 1. The second-order valence-electron chi connectivity index (χ2n) is 4.25. The molecule has 2 N–H and O–H groups in total.